The Bertz CT molecular complexity index is 740. The number of amides is 4. The molecule has 0 aromatic carbocycles. The lowest BCUT2D eigenvalue weighted by atomic mass is 10.0. The number of hydrogen-bond donors (Lipinski definition) is 5. The maximum absolute atomic E-state index is 12.5. The zero-order valence-corrected chi connectivity index (χ0v) is 23.4. The van der Waals surface area contributed by atoms with Gasteiger partial charge >= 0.3 is 12.2 Å². The van der Waals surface area contributed by atoms with Gasteiger partial charge in [0.2, 0.25) is 19.2 Å². The fourth-order valence-electron chi connectivity index (χ4n) is 2.62. The molecule has 0 aromatic rings. The molecule has 12 nitrogen and oxygen atoms in total. The van der Waals surface area contributed by atoms with Gasteiger partial charge in [-0.25, -0.2) is 9.59 Å². The molecule has 2 atom stereocenters. The van der Waals surface area contributed by atoms with Crippen LogP contribution in [-0.4, -0.2) is 64.8 Å². The molecule has 0 radical (unpaired) electrons. The standard InChI is InChI=1S/C22H43N4O8P/c1-13(2)15(25-19(29)33-21(5,6)7)17(27)23-11-35(31,32)12-24-18(28)16(14(3)4)26-20(30)34-22(8,9)10/h13-16H,11-12H2,1-10H3,(H,23,27)(H,24,28)(H,25,29)(H,26,30)(H,31,32)/t15-,16-/m0/s1. The zero-order valence-electron chi connectivity index (χ0n) is 22.5. The number of hydrogen-bond acceptors (Lipinski definition) is 7. The second kappa shape index (κ2) is 13.1. The lowest BCUT2D eigenvalue weighted by Gasteiger charge is -2.26. The fraction of sp³-hybridized carbons (Fsp3) is 0.818. The monoisotopic (exact) mass is 522 g/mol. The molecule has 5 N–H and O–H groups in total. The Morgan fingerprint density at radius 3 is 1.23 bits per heavy atom. The summed E-state index contributed by atoms with van der Waals surface area (Å²) < 4.78 is 22.8. The summed E-state index contributed by atoms with van der Waals surface area (Å²) in [5.74, 6) is -1.99. The molecule has 0 fully saturated rings. The molecular formula is C22H43N4O8P. The van der Waals surface area contributed by atoms with Crippen molar-refractivity contribution < 1.29 is 38.1 Å². The first-order valence-electron chi connectivity index (χ1n) is 11.5. The molecule has 0 aliphatic heterocycles. The molecule has 4 amide bonds. The molecule has 0 saturated heterocycles. The molecule has 0 heterocycles. The van der Waals surface area contributed by atoms with Crippen LogP contribution >= 0.6 is 7.37 Å². The molecular weight excluding hydrogens is 479 g/mol. The lowest BCUT2D eigenvalue weighted by molar-refractivity contribution is -0.124. The minimum absolute atomic E-state index is 0.328. The second-order valence-corrected chi connectivity index (χ2v) is 13.3. The van der Waals surface area contributed by atoms with Crippen LogP contribution in [-0.2, 0) is 23.6 Å². The van der Waals surface area contributed by atoms with Crippen LogP contribution in [0.25, 0.3) is 0 Å². The number of nitrogens with one attached hydrogen (secondary N) is 4. The average molecular weight is 523 g/mol. The van der Waals surface area contributed by atoms with Crippen molar-refractivity contribution in [1.29, 1.82) is 0 Å². The highest BCUT2D eigenvalue weighted by molar-refractivity contribution is 7.57. The number of alkyl carbamates (subject to hydrolysis) is 2. The molecule has 0 aliphatic rings. The van der Waals surface area contributed by atoms with Crippen molar-refractivity contribution in [3.8, 4) is 0 Å². The minimum atomic E-state index is -4.03. The highest BCUT2D eigenvalue weighted by atomic mass is 31.2. The highest BCUT2D eigenvalue weighted by Crippen LogP contribution is 2.37. The minimum Gasteiger partial charge on any atom is -0.444 e. The largest absolute Gasteiger partial charge is 0.444 e. The van der Waals surface area contributed by atoms with Crippen molar-refractivity contribution in [3.63, 3.8) is 0 Å². The Balaban J connectivity index is 4.97. The third-order valence-electron chi connectivity index (χ3n) is 4.24. The third kappa shape index (κ3) is 14.6. The molecule has 0 spiro atoms. The fourth-order valence-corrected chi connectivity index (χ4v) is 3.54. The van der Waals surface area contributed by atoms with Crippen molar-refractivity contribution in [2.45, 2.75) is 92.5 Å². The van der Waals surface area contributed by atoms with E-state index in [1.807, 2.05) is 0 Å². The molecule has 0 unspecified atom stereocenters. The number of rotatable bonds is 10. The first-order chi connectivity index (χ1) is 15.6. The Kier molecular flexibility index (Phi) is 12.2. The predicted octanol–water partition coefficient (Wildman–Crippen LogP) is 2.50. The van der Waals surface area contributed by atoms with E-state index in [0.29, 0.717) is 0 Å². The first-order valence-corrected chi connectivity index (χ1v) is 13.5. The normalized spacial score (nSPS) is 14.1. The van der Waals surface area contributed by atoms with E-state index in [1.165, 1.54) is 0 Å². The first kappa shape index (κ1) is 32.7. The summed E-state index contributed by atoms with van der Waals surface area (Å²) >= 11 is 0. The zero-order chi connectivity index (χ0) is 27.8. The molecule has 0 bridgehead atoms. The molecule has 0 aliphatic carbocycles. The van der Waals surface area contributed by atoms with Gasteiger partial charge in [-0.1, -0.05) is 27.7 Å². The summed E-state index contributed by atoms with van der Waals surface area (Å²) in [7, 11) is -4.03. The molecule has 0 aromatic heterocycles. The number of carbonyl (C=O) groups excluding carboxylic acids is 4. The predicted molar refractivity (Wildman–Crippen MR) is 132 cm³/mol. The average Bonchev–Trinajstić information content (AvgIpc) is 2.63. The summed E-state index contributed by atoms with van der Waals surface area (Å²) in [6.07, 6.45) is -2.83. The molecule has 35 heavy (non-hydrogen) atoms. The quantitative estimate of drug-likeness (QED) is 0.272. The van der Waals surface area contributed by atoms with E-state index < -0.39 is 67.2 Å². The van der Waals surface area contributed by atoms with Crippen LogP contribution in [0.3, 0.4) is 0 Å². The maximum Gasteiger partial charge on any atom is 0.408 e. The van der Waals surface area contributed by atoms with Gasteiger partial charge in [0.1, 0.15) is 23.3 Å². The van der Waals surface area contributed by atoms with Gasteiger partial charge in [-0.15, -0.1) is 0 Å². The Hall–Kier alpha value is -2.33. The SMILES string of the molecule is CC(C)[C@H](NC(=O)OC(C)(C)C)C(=O)NCP(=O)(O)CNC(=O)[C@@H](NC(=O)OC(C)(C)C)C(C)C. The molecule has 0 saturated carbocycles. The van der Waals surface area contributed by atoms with Crippen LogP contribution in [0, 0.1) is 11.8 Å². The summed E-state index contributed by atoms with van der Waals surface area (Å²) in [4.78, 5) is 59.4. The van der Waals surface area contributed by atoms with Crippen LogP contribution in [0.15, 0.2) is 0 Å². The van der Waals surface area contributed by atoms with Crippen molar-refractivity contribution in [2.24, 2.45) is 11.8 Å². The van der Waals surface area contributed by atoms with Crippen molar-refractivity contribution in [1.82, 2.24) is 21.3 Å². The van der Waals surface area contributed by atoms with Gasteiger partial charge in [0.15, 0.2) is 0 Å². The Morgan fingerprint density at radius 2 is 1.00 bits per heavy atom. The summed E-state index contributed by atoms with van der Waals surface area (Å²) in [5, 5.41) is 9.59. The Morgan fingerprint density at radius 1 is 0.714 bits per heavy atom. The van der Waals surface area contributed by atoms with Gasteiger partial charge < -0.3 is 35.6 Å². The lowest BCUT2D eigenvalue weighted by Crippen LogP contribution is -2.52. The second-order valence-electron chi connectivity index (χ2n) is 11.0. The third-order valence-corrected chi connectivity index (χ3v) is 5.55. The molecule has 13 heteroatoms. The van der Waals surface area contributed by atoms with E-state index >= 15 is 0 Å². The molecule has 0 rings (SSSR count). The highest BCUT2D eigenvalue weighted by Gasteiger charge is 2.31. The van der Waals surface area contributed by atoms with Gasteiger partial charge in [0, 0.05) is 0 Å². The van der Waals surface area contributed by atoms with Crippen LogP contribution < -0.4 is 21.3 Å². The van der Waals surface area contributed by atoms with Gasteiger partial charge in [-0.2, -0.15) is 0 Å². The van der Waals surface area contributed by atoms with Gasteiger partial charge in [0.05, 0.1) is 12.6 Å². The topological polar surface area (TPSA) is 172 Å². The summed E-state index contributed by atoms with van der Waals surface area (Å²) in [6.45, 7) is 16.9. The van der Waals surface area contributed by atoms with Crippen molar-refractivity contribution >= 4 is 31.4 Å². The van der Waals surface area contributed by atoms with Crippen LogP contribution in [0.4, 0.5) is 9.59 Å². The number of ether oxygens (including phenoxy) is 2. The van der Waals surface area contributed by atoms with Crippen LogP contribution in [0.5, 0.6) is 0 Å². The summed E-state index contributed by atoms with van der Waals surface area (Å²) in [6, 6.07) is -1.99. The van der Waals surface area contributed by atoms with Crippen LogP contribution in [0.1, 0.15) is 69.2 Å². The molecule has 204 valence electrons. The van der Waals surface area contributed by atoms with Gasteiger partial charge in [-0.3, -0.25) is 14.2 Å². The van der Waals surface area contributed by atoms with Crippen LogP contribution in [0.2, 0.25) is 0 Å². The van der Waals surface area contributed by atoms with E-state index in [-0.39, 0.29) is 11.8 Å². The van der Waals surface area contributed by atoms with Crippen molar-refractivity contribution in [3.05, 3.63) is 0 Å². The van der Waals surface area contributed by atoms with E-state index in [4.69, 9.17) is 9.47 Å². The van der Waals surface area contributed by atoms with Gasteiger partial charge in [-0.05, 0) is 53.4 Å². The Labute approximate surface area is 208 Å². The van der Waals surface area contributed by atoms with E-state index in [9.17, 15) is 28.6 Å². The van der Waals surface area contributed by atoms with Crippen molar-refractivity contribution in [2.75, 3.05) is 12.6 Å². The number of carbonyl (C=O) groups is 4. The van der Waals surface area contributed by atoms with E-state index in [1.54, 1.807) is 69.2 Å². The maximum atomic E-state index is 12.5. The van der Waals surface area contributed by atoms with Gasteiger partial charge in [0.25, 0.3) is 0 Å². The van der Waals surface area contributed by atoms with E-state index in [2.05, 4.69) is 21.3 Å². The van der Waals surface area contributed by atoms with E-state index in [0.717, 1.165) is 0 Å². The summed E-state index contributed by atoms with van der Waals surface area (Å²) in [5.41, 5.74) is -1.51. The smallest absolute Gasteiger partial charge is 0.408 e.